The van der Waals surface area contributed by atoms with Crippen molar-refractivity contribution in [3.05, 3.63) is 22.9 Å². The molecule has 3 nitrogen and oxygen atoms in total. The van der Waals surface area contributed by atoms with Crippen molar-refractivity contribution in [1.29, 1.82) is 0 Å². The Balaban J connectivity index is 2.10. The summed E-state index contributed by atoms with van der Waals surface area (Å²) in [5.41, 5.74) is 8.85. The molecular weight excluding hydrogens is 266 g/mol. The molecule has 1 aliphatic carbocycles. The van der Waals surface area contributed by atoms with Crippen LogP contribution in [0.4, 0.5) is 5.82 Å². The van der Waals surface area contributed by atoms with Crippen molar-refractivity contribution in [2.45, 2.75) is 46.5 Å². The maximum Gasteiger partial charge on any atom is 0.136 e. The molecule has 2 rings (SSSR count). The number of aryl methyl sites for hydroxylation is 2. The Labute approximate surface area is 127 Å². The Hall–Kier alpha value is -1.16. The van der Waals surface area contributed by atoms with E-state index >= 15 is 0 Å². The first-order valence-electron chi connectivity index (χ1n) is 7.49. The first-order chi connectivity index (χ1) is 9.47. The maximum atomic E-state index is 5.85. The number of nitrogens with two attached hydrogens (primary N) is 1. The van der Waals surface area contributed by atoms with E-state index in [1.165, 1.54) is 25.7 Å². The summed E-state index contributed by atoms with van der Waals surface area (Å²) in [6.45, 7) is 7.36. The van der Waals surface area contributed by atoms with Gasteiger partial charge in [-0.05, 0) is 50.2 Å². The van der Waals surface area contributed by atoms with Crippen LogP contribution in [0.15, 0.2) is 6.07 Å². The fourth-order valence-electron chi connectivity index (χ4n) is 3.26. The second-order valence-electron chi connectivity index (χ2n) is 6.19. The van der Waals surface area contributed by atoms with E-state index < -0.39 is 0 Å². The smallest absolute Gasteiger partial charge is 0.136 e. The number of nitrogens with zero attached hydrogens (tertiary/aromatic N) is 1. The molecule has 0 spiro atoms. The highest BCUT2D eigenvalue weighted by Crippen LogP contribution is 2.29. The summed E-state index contributed by atoms with van der Waals surface area (Å²) < 4.78 is 0. The Morgan fingerprint density at radius 2 is 2.20 bits per heavy atom. The van der Waals surface area contributed by atoms with Crippen molar-refractivity contribution >= 4 is 23.0 Å². The summed E-state index contributed by atoms with van der Waals surface area (Å²) in [7, 11) is 0. The number of hydrogen-bond acceptors (Lipinski definition) is 3. The molecule has 2 unspecified atom stereocenters. The average molecular weight is 291 g/mol. The highest BCUT2D eigenvalue weighted by atomic mass is 32.1. The lowest BCUT2D eigenvalue weighted by Gasteiger charge is -2.27. The predicted octanol–water partition coefficient (Wildman–Crippen LogP) is 3.57. The standard InChI is InChI=1S/C16H25N3S/c1-10-5-4-6-13(7-10)9-18-16-14(15(17)20)11(2)8-12(3)19-16/h8,10,13H,4-7,9H2,1-3H3,(H2,17,20)(H,18,19). The van der Waals surface area contributed by atoms with Gasteiger partial charge in [0.05, 0.1) is 5.56 Å². The van der Waals surface area contributed by atoms with Gasteiger partial charge in [0.2, 0.25) is 0 Å². The van der Waals surface area contributed by atoms with Crippen LogP contribution in [0.1, 0.15) is 49.4 Å². The molecular formula is C16H25N3S. The number of pyridine rings is 1. The average Bonchev–Trinajstić information content (AvgIpc) is 2.35. The van der Waals surface area contributed by atoms with Gasteiger partial charge in [-0.25, -0.2) is 4.98 Å². The molecule has 1 heterocycles. The van der Waals surface area contributed by atoms with Gasteiger partial charge in [0.15, 0.2) is 0 Å². The van der Waals surface area contributed by atoms with Gasteiger partial charge < -0.3 is 11.1 Å². The predicted molar refractivity (Wildman–Crippen MR) is 89.2 cm³/mol. The third-order valence-corrected chi connectivity index (χ3v) is 4.40. The largest absolute Gasteiger partial charge is 0.389 e. The Morgan fingerprint density at radius 3 is 2.85 bits per heavy atom. The molecule has 4 heteroatoms. The molecule has 20 heavy (non-hydrogen) atoms. The second kappa shape index (κ2) is 6.53. The van der Waals surface area contributed by atoms with E-state index in [2.05, 4.69) is 17.2 Å². The molecule has 0 saturated heterocycles. The van der Waals surface area contributed by atoms with Crippen LogP contribution >= 0.6 is 12.2 Å². The fourth-order valence-corrected chi connectivity index (χ4v) is 3.52. The van der Waals surface area contributed by atoms with Crippen LogP contribution in [0.3, 0.4) is 0 Å². The zero-order valence-corrected chi connectivity index (χ0v) is 13.5. The lowest BCUT2D eigenvalue weighted by molar-refractivity contribution is 0.293. The number of hydrogen-bond donors (Lipinski definition) is 2. The Morgan fingerprint density at radius 1 is 1.45 bits per heavy atom. The van der Waals surface area contributed by atoms with E-state index in [9.17, 15) is 0 Å². The Kier molecular flexibility index (Phi) is 4.97. The lowest BCUT2D eigenvalue weighted by atomic mass is 9.82. The number of aromatic nitrogens is 1. The first kappa shape index (κ1) is 15.2. The third kappa shape index (κ3) is 3.69. The molecule has 1 aromatic heterocycles. The quantitative estimate of drug-likeness (QED) is 0.833. The van der Waals surface area contributed by atoms with Crippen molar-refractivity contribution in [1.82, 2.24) is 4.98 Å². The molecule has 0 amide bonds. The summed E-state index contributed by atoms with van der Waals surface area (Å²) in [5.74, 6) is 2.44. The molecule has 0 aliphatic heterocycles. The zero-order chi connectivity index (χ0) is 14.7. The van der Waals surface area contributed by atoms with Crippen LogP contribution < -0.4 is 11.1 Å². The normalized spacial score (nSPS) is 22.6. The molecule has 0 bridgehead atoms. The van der Waals surface area contributed by atoms with Crippen molar-refractivity contribution in [2.24, 2.45) is 17.6 Å². The van der Waals surface area contributed by atoms with Crippen LogP contribution in [-0.2, 0) is 0 Å². The lowest BCUT2D eigenvalue weighted by Crippen LogP contribution is -2.23. The van der Waals surface area contributed by atoms with E-state index in [0.717, 1.165) is 41.0 Å². The maximum absolute atomic E-state index is 5.85. The first-order valence-corrected chi connectivity index (χ1v) is 7.90. The van der Waals surface area contributed by atoms with Crippen molar-refractivity contribution in [3.63, 3.8) is 0 Å². The molecule has 2 atom stereocenters. The second-order valence-corrected chi connectivity index (χ2v) is 6.63. The van der Waals surface area contributed by atoms with Gasteiger partial charge in [-0.15, -0.1) is 0 Å². The summed E-state index contributed by atoms with van der Waals surface area (Å²) in [4.78, 5) is 5.01. The minimum atomic E-state index is 0.425. The number of rotatable bonds is 4. The van der Waals surface area contributed by atoms with Crippen LogP contribution in [0.5, 0.6) is 0 Å². The SMILES string of the molecule is Cc1cc(C)c(C(N)=S)c(NCC2CCCC(C)C2)n1. The topological polar surface area (TPSA) is 50.9 Å². The van der Waals surface area contributed by atoms with Gasteiger partial charge >= 0.3 is 0 Å². The number of nitrogens with one attached hydrogen (secondary N) is 1. The summed E-state index contributed by atoms with van der Waals surface area (Å²) in [5, 5.41) is 3.49. The molecule has 1 aliphatic rings. The van der Waals surface area contributed by atoms with Crippen molar-refractivity contribution in [3.8, 4) is 0 Å². The van der Waals surface area contributed by atoms with E-state index in [-0.39, 0.29) is 0 Å². The summed E-state index contributed by atoms with van der Waals surface area (Å²) >= 11 is 5.17. The number of thiocarbonyl (C=S) groups is 1. The molecule has 3 N–H and O–H groups in total. The highest BCUT2D eigenvalue weighted by molar-refractivity contribution is 7.80. The summed E-state index contributed by atoms with van der Waals surface area (Å²) in [6.07, 6.45) is 5.33. The molecule has 1 aromatic rings. The monoisotopic (exact) mass is 291 g/mol. The Bertz CT molecular complexity index is 499. The molecule has 0 radical (unpaired) electrons. The number of anilines is 1. The summed E-state index contributed by atoms with van der Waals surface area (Å²) in [6, 6.07) is 2.03. The van der Waals surface area contributed by atoms with Crippen molar-refractivity contribution < 1.29 is 0 Å². The zero-order valence-electron chi connectivity index (χ0n) is 12.7. The molecule has 110 valence electrons. The van der Waals surface area contributed by atoms with Gasteiger partial charge in [0, 0.05) is 12.2 Å². The van der Waals surface area contributed by atoms with E-state index in [0.29, 0.717) is 4.99 Å². The molecule has 1 saturated carbocycles. The van der Waals surface area contributed by atoms with Crippen LogP contribution in [-0.4, -0.2) is 16.5 Å². The minimum absolute atomic E-state index is 0.425. The van der Waals surface area contributed by atoms with Crippen LogP contribution in [0, 0.1) is 25.7 Å². The van der Waals surface area contributed by atoms with Gasteiger partial charge in [-0.1, -0.05) is 32.0 Å². The highest BCUT2D eigenvalue weighted by Gasteiger charge is 2.19. The van der Waals surface area contributed by atoms with Crippen molar-refractivity contribution in [2.75, 3.05) is 11.9 Å². The van der Waals surface area contributed by atoms with E-state index in [1.54, 1.807) is 0 Å². The fraction of sp³-hybridized carbons (Fsp3) is 0.625. The molecule has 0 aromatic carbocycles. The van der Waals surface area contributed by atoms with Gasteiger partial charge in [0.25, 0.3) is 0 Å². The minimum Gasteiger partial charge on any atom is -0.389 e. The van der Waals surface area contributed by atoms with Crippen LogP contribution in [0.2, 0.25) is 0 Å². The van der Waals surface area contributed by atoms with Gasteiger partial charge in [0.1, 0.15) is 10.8 Å². The molecule has 1 fully saturated rings. The van der Waals surface area contributed by atoms with Gasteiger partial charge in [-0.2, -0.15) is 0 Å². The van der Waals surface area contributed by atoms with E-state index in [1.807, 2.05) is 19.9 Å². The van der Waals surface area contributed by atoms with Gasteiger partial charge in [-0.3, -0.25) is 0 Å². The van der Waals surface area contributed by atoms with Crippen LogP contribution in [0.25, 0.3) is 0 Å². The van der Waals surface area contributed by atoms with E-state index in [4.69, 9.17) is 18.0 Å². The third-order valence-electron chi connectivity index (χ3n) is 4.19.